The molecule has 1 fully saturated rings. The standard InChI is InChI=1S/C22H38FN5O/c1-5-24-22(26-16-19(4)29-21-9-7-8-20(23)14-21)25-15-18(3)17-28-12-10-27(6-2)11-13-28/h7-9,14,18-19H,5-6,10-13,15-17H2,1-4H3,(H2,24,25,26). The minimum atomic E-state index is -0.289. The molecule has 1 aliphatic heterocycles. The van der Waals surface area contributed by atoms with E-state index < -0.39 is 0 Å². The highest BCUT2D eigenvalue weighted by Gasteiger charge is 2.17. The van der Waals surface area contributed by atoms with E-state index in [0.29, 0.717) is 18.2 Å². The summed E-state index contributed by atoms with van der Waals surface area (Å²) in [5.41, 5.74) is 0. The number of likely N-dealkylation sites (N-methyl/N-ethyl adjacent to an activating group) is 1. The summed E-state index contributed by atoms with van der Waals surface area (Å²) >= 11 is 0. The van der Waals surface area contributed by atoms with Crippen LogP contribution in [0.5, 0.6) is 5.75 Å². The summed E-state index contributed by atoms with van der Waals surface area (Å²) in [6, 6.07) is 6.23. The molecule has 0 aliphatic carbocycles. The lowest BCUT2D eigenvalue weighted by atomic mass is 10.1. The van der Waals surface area contributed by atoms with Crippen molar-refractivity contribution in [3.05, 3.63) is 30.1 Å². The number of piperazine rings is 1. The van der Waals surface area contributed by atoms with Gasteiger partial charge in [0.25, 0.3) is 0 Å². The van der Waals surface area contributed by atoms with Crippen molar-refractivity contribution in [1.29, 1.82) is 0 Å². The molecule has 2 N–H and O–H groups in total. The molecule has 1 aliphatic rings. The van der Waals surface area contributed by atoms with Crippen molar-refractivity contribution in [2.24, 2.45) is 10.9 Å². The van der Waals surface area contributed by atoms with Crippen LogP contribution in [-0.2, 0) is 0 Å². The van der Waals surface area contributed by atoms with Gasteiger partial charge in [0, 0.05) is 51.9 Å². The summed E-state index contributed by atoms with van der Waals surface area (Å²) in [5.74, 6) is 1.55. The molecule has 164 valence electrons. The number of aliphatic imine (C=N–C) groups is 1. The first-order valence-corrected chi connectivity index (χ1v) is 10.9. The van der Waals surface area contributed by atoms with Crippen molar-refractivity contribution in [3.63, 3.8) is 0 Å². The van der Waals surface area contributed by atoms with E-state index in [4.69, 9.17) is 9.73 Å². The highest BCUT2D eigenvalue weighted by Crippen LogP contribution is 2.13. The Morgan fingerprint density at radius 2 is 1.86 bits per heavy atom. The van der Waals surface area contributed by atoms with Gasteiger partial charge in [-0.05, 0) is 38.4 Å². The van der Waals surface area contributed by atoms with Gasteiger partial charge in [0.05, 0.1) is 6.54 Å². The van der Waals surface area contributed by atoms with Crippen LogP contribution in [0, 0.1) is 11.7 Å². The van der Waals surface area contributed by atoms with E-state index in [-0.39, 0.29) is 11.9 Å². The highest BCUT2D eigenvalue weighted by atomic mass is 19.1. The molecule has 2 unspecified atom stereocenters. The van der Waals surface area contributed by atoms with Gasteiger partial charge in [-0.3, -0.25) is 4.99 Å². The van der Waals surface area contributed by atoms with E-state index in [9.17, 15) is 4.39 Å². The minimum absolute atomic E-state index is 0.104. The first-order valence-electron chi connectivity index (χ1n) is 10.9. The molecule has 29 heavy (non-hydrogen) atoms. The lowest BCUT2D eigenvalue weighted by Gasteiger charge is -2.35. The quantitative estimate of drug-likeness (QED) is 0.461. The molecule has 0 aromatic heterocycles. The number of halogens is 1. The number of benzene rings is 1. The average molecular weight is 408 g/mol. The van der Waals surface area contributed by atoms with E-state index >= 15 is 0 Å². The van der Waals surface area contributed by atoms with Gasteiger partial charge in [-0.1, -0.05) is 19.9 Å². The fraction of sp³-hybridized carbons (Fsp3) is 0.682. The third kappa shape index (κ3) is 9.00. The van der Waals surface area contributed by atoms with Gasteiger partial charge in [-0.25, -0.2) is 4.39 Å². The molecular formula is C22H38FN5O. The van der Waals surface area contributed by atoms with Crippen LogP contribution in [0.25, 0.3) is 0 Å². The summed E-state index contributed by atoms with van der Waals surface area (Å²) in [6.45, 7) is 17.5. The maximum Gasteiger partial charge on any atom is 0.191 e. The molecule has 2 atom stereocenters. The van der Waals surface area contributed by atoms with Gasteiger partial charge < -0.3 is 25.2 Å². The van der Waals surface area contributed by atoms with Crippen LogP contribution in [0.3, 0.4) is 0 Å². The average Bonchev–Trinajstić information content (AvgIpc) is 2.70. The Labute approximate surface area is 175 Å². The Morgan fingerprint density at radius 3 is 2.52 bits per heavy atom. The molecule has 0 saturated carbocycles. The Hall–Kier alpha value is -1.86. The number of rotatable bonds is 10. The molecule has 0 spiro atoms. The summed E-state index contributed by atoms with van der Waals surface area (Å²) in [6.07, 6.45) is -0.104. The second kappa shape index (κ2) is 12.6. The maximum absolute atomic E-state index is 13.3. The summed E-state index contributed by atoms with van der Waals surface area (Å²) in [4.78, 5) is 9.79. The van der Waals surface area contributed by atoms with Crippen molar-refractivity contribution in [1.82, 2.24) is 20.4 Å². The van der Waals surface area contributed by atoms with Crippen LogP contribution in [0.4, 0.5) is 4.39 Å². The molecule has 1 aromatic carbocycles. The Kier molecular flexibility index (Phi) is 10.2. The monoisotopic (exact) mass is 407 g/mol. The second-order valence-electron chi connectivity index (χ2n) is 7.83. The third-order valence-corrected chi connectivity index (χ3v) is 5.08. The first-order chi connectivity index (χ1) is 14.0. The van der Waals surface area contributed by atoms with Crippen molar-refractivity contribution < 1.29 is 9.13 Å². The predicted octanol–water partition coefficient (Wildman–Crippen LogP) is 2.42. The maximum atomic E-state index is 13.3. The van der Waals surface area contributed by atoms with Crippen molar-refractivity contribution in [2.75, 3.05) is 58.9 Å². The van der Waals surface area contributed by atoms with E-state index in [1.807, 2.05) is 6.92 Å². The topological polar surface area (TPSA) is 52.1 Å². The van der Waals surface area contributed by atoms with Crippen LogP contribution < -0.4 is 15.4 Å². The molecule has 1 saturated heterocycles. The summed E-state index contributed by atoms with van der Waals surface area (Å²) in [7, 11) is 0. The number of ether oxygens (including phenoxy) is 1. The Bertz CT molecular complexity index is 619. The largest absolute Gasteiger partial charge is 0.489 e. The molecule has 7 heteroatoms. The Balaban J connectivity index is 1.75. The predicted molar refractivity (Wildman–Crippen MR) is 118 cm³/mol. The zero-order valence-electron chi connectivity index (χ0n) is 18.5. The molecule has 0 radical (unpaired) electrons. The van der Waals surface area contributed by atoms with Crippen LogP contribution >= 0.6 is 0 Å². The van der Waals surface area contributed by atoms with Crippen molar-refractivity contribution >= 4 is 5.96 Å². The smallest absolute Gasteiger partial charge is 0.191 e. The molecule has 2 rings (SSSR count). The number of nitrogens with one attached hydrogen (secondary N) is 2. The lowest BCUT2D eigenvalue weighted by Crippen LogP contribution is -2.47. The van der Waals surface area contributed by atoms with Crippen LogP contribution in [-0.4, -0.2) is 80.8 Å². The fourth-order valence-electron chi connectivity index (χ4n) is 3.43. The van der Waals surface area contributed by atoms with E-state index in [0.717, 1.165) is 45.2 Å². The Morgan fingerprint density at radius 1 is 1.14 bits per heavy atom. The number of guanidine groups is 1. The van der Waals surface area contributed by atoms with E-state index in [1.165, 1.54) is 25.2 Å². The zero-order chi connectivity index (χ0) is 21.1. The fourth-order valence-corrected chi connectivity index (χ4v) is 3.43. The van der Waals surface area contributed by atoms with Crippen LogP contribution in [0.1, 0.15) is 27.7 Å². The molecule has 1 heterocycles. The first kappa shape index (κ1) is 23.4. The lowest BCUT2D eigenvalue weighted by molar-refractivity contribution is 0.125. The van der Waals surface area contributed by atoms with Gasteiger partial charge in [0.2, 0.25) is 0 Å². The van der Waals surface area contributed by atoms with Crippen LogP contribution in [0.2, 0.25) is 0 Å². The van der Waals surface area contributed by atoms with Gasteiger partial charge in [-0.15, -0.1) is 0 Å². The molecule has 0 bridgehead atoms. The number of nitrogens with zero attached hydrogens (tertiary/aromatic N) is 3. The van der Waals surface area contributed by atoms with Crippen LogP contribution in [0.15, 0.2) is 29.3 Å². The third-order valence-electron chi connectivity index (χ3n) is 5.08. The number of hydrogen-bond acceptors (Lipinski definition) is 4. The second-order valence-corrected chi connectivity index (χ2v) is 7.83. The summed E-state index contributed by atoms with van der Waals surface area (Å²) in [5, 5.41) is 6.61. The van der Waals surface area contributed by atoms with Gasteiger partial charge in [-0.2, -0.15) is 0 Å². The van der Waals surface area contributed by atoms with Crippen molar-refractivity contribution in [2.45, 2.75) is 33.8 Å². The zero-order valence-corrected chi connectivity index (χ0v) is 18.5. The van der Waals surface area contributed by atoms with Gasteiger partial charge in [0.15, 0.2) is 5.96 Å². The molecule has 1 aromatic rings. The minimum Gasteiger partial charge on any atom is -0.489 e. The normalized spacial score (nSPS) is 18.3. The highest BCUT2D eigenvalue weighted by molar-refractivity contribution is 5.79. The van der Waals surface area contributed by atoms with Gasteiger partial charge in [0.1, 0.15) is 17.7 Å². The molecule has 0 amide bonds. The number of hydrogen-bond donors (Lipinski definition) is 2. The molecule has 6 nitrogen and oxygen atoms in total. The van der Waals surface area contributed by atoms with Crippen molar-refractivity contribution in [3.8, 4) is 5.75 Å². The summed E-state index contributed by atoms with van der Waals surface area (Å²) < 4.78 is 19.1. The van der Waals surface area contributed by atoms with Gasteiger partial charge >= 0.3 is 0 Å². The molecular weight excluding hydrogens is 369 g/mol. The van der Waals surface area contributed by atoms with E-state index in [2.05, 4.69) is 41.2 Å². The SMILES string of the molecule is CCNC(=NCC(C)CN1CCN(CC)CC1)NCC(C)Oc1cccc(F)c1. The van der Waals surface area contributed by atoms with E-state index in [1.54, 1.807) is 12.1 Å².